The van der Waals surface area contributed by atoms with E-state index in [9.17, 15) is 13.2 Å². The lowest BCUT2D eigenvalue weighted by Crippen LogP contribution is -2.08. The molecule has 1 fully saturated rings. The van der Waals surface area contributed by atoms with E-state index in [-0.39, 0.29) is 17.3 Å². The van der Waals surface area contributed by atoms with E-state index in [2.05, 4.69) is 15.5 Å². The van der Waals surface area contributed by atoms with Gasteiger partial charge < -0.3 is 9.84 Å². The quantitative estimate of drug-likeness (QED) is 0.860. The Morgan fingerprint density at radius 3 is 2.50 bits per heavy atom. The first-order valence-electron chi connectivity index (χ1n) is 6.25. The lowest BCUT2D eigenvalue weighted by Gasteiger charge is -2.07. The number of hydrogen-bond acceptors (Lipinski definition) is 4. The Bertz CT molecular complexity index is 621. The zero-order valence-corrected chi connectivity index (χ0v) is 10.7. The minimum absolute atomic E-state index is 0.0509. The molecule has 0 radical (unpaired) electrons. The summed E-state index contributed by atoms with van der Waals surface area (Å²) in [5.41, 5.74) is 0.0509. The summed E-state index contributed by atoms with van der Waals surface area (Å²) in [4.78, 5) is 4.15. The van der Waals surface area contributed by atoms with Crippen LogP contribution in [-0.2, 0) is 0 Å². The van der Waals surface area contributed by atoms with Gasteiger partial charge in [-0.05, 0) is 24.6 Å². The van der Waals surface area contributed by atoms with Gasteiger partial charge in [-0.1, -0.05) is 12.1 Å². The minimum atomic E-state index is -1.51. The van der Waals surface area contributed by atoms with Crippen molar-refractivity contribution in [3.63, 3.8) is 0 Å². The Labute approximate surface area is 113 Å². The van der Waals surface area contributed by atoms with Crippen LogP contribution in [0.3, 0.4) is 0 Å². The van der Waals surface area contributed by atoms with Crippen molar-refractivity contribution in [1.82, 2.24) is 15.5 Å². The van der Waals surface area contributed by atoms with Crippen LogP contribution in [0.2, 0.25) is 0 Å². The number of hydrogen-bond donors (Lipinski definition) is 1. The van der Waals surface area contributed by atoms with Crippen molar-refractivity contribution in [2.45, 2.75) is 12.8 Å². The smallest absolute Gasteiger partial charge is 0.231 e. The summed E-state index contributed by atoms with van der Waals surface area (Å²) in [5.74, 6) is -3.17. The SMILES string of the molecule is C[C@@H]1CNC[C@H]1c1nc(-c2cc(F)c(F)c(F)c2)no1. The maximum Gasteiger partial charge on any atom is 0.231 e. The molecule has 106 valence electrons. The van der Waals surface area contributed by atoms with Gasteiger partial charge in [0.25, 0.3) is 0 Å². The predicted molar refractivity (Wildman–Crippen MR) is 64.4 cm³/mol. The second-order valence-electron chi connectivity index (χ2n) is 4.95. The van der Waals surface area contributed by atoms with Crippen molar-refractivity contribution in [3.8, 4) is 11.4 Å². The van der Waals surface area contributed by atoms with Gasteiger partial charge in [0, 0.05) is 12.1 Å². The van der Waals surface area contributed by atoms with E-state index < -0.39 is 17.5 Å². The third-order valence-corrected chi connectivity index (χ3v) is 3.52. The van der Waals surface area contributed by atoms with Crippen LogP contribution in [0.1, 0.15) is 18.7 Å². The molecule has 3 rings (SSSR count). The Balaban J connectivity index is 1.94. The monoisotopic (exact) mass is 283 g/mol. The Morgan fingerprint density at radius 2 is 1.90 bits per heavy atom. The van der Waals surface area contributed by atoms with Crippen LogP contribution in [0.15, 0.2) is 16.7 Å². The van der Waals surface area contributed by atoms with E-state index in [1.165, 1.54) is 0 Å². The molecule has 1 aromatic heterocycles. The highest BCUT2D eigenvalue weighted by atomic mass is 19.2. The molecule has 0 bridgehead atoms. The van der Waals surface area contributed by atoms with Crippen molar-refractivity contribution in [1.29, 1.82) is 0 Å². The fourth-order valence-corrected chi connectivity index (χ4v) is 2.33. The molecular weight excluding hydrogens is 271 g/mol. The molecule has 0 spiro atoms. The average molecular weight is 283 g/mol. The molecule has 2 heterocycles. The molecule has 2 aromatic rings. The van der Waals surface area contributed by atoms with E-state index in [0.29, 0.717) is 11.8 Å². The van der Waals surface area contributed by atoms with Crippen molar-refractivity contribution in [3.05, 3.63) is 35.5 Å². The van der Waals surface area contributed by atoms with Gasteiger partial charge in [0.15, 0.2) is 17.5 Å². The maximum absolute atomic E-state index is 13.2. The van der Waals surface area contributed by atoms with E-state index in [0.717, 1.165) is 25.2 Å². The second kappa shape index (κ2) is 4.90. The van der Waals surface area contributed by atoms with Gasteiger partial charge in [0.1, 0.15) is 0 Å². The van der Waals surface area contributed by atoms with Gasteiger partial charge in [-0.2, -0.15) is 4.98 Å². The molecule has 0 aliphatic carbocycles. The van der Waals surface area contributed by atoms with Crippen LogP contribution >= 0.6 is 0 Å². The van der Waals surface area contributed by atoms with Crippen LogP contribution in [0.25, 0.3) is 11.4 Å². The van der Waals surface area contributed by atoms with Crippen LogP contribution in [0, 0.1) is 23.4 Å². The third kappa shape index (κ3) is 2.18. The summed E-state index contributed by atoms with van der Waals surface area (Å²) in [6.45, 7) is 3.61. The summed E-state index contributed by atoms with van der Waals surface area (Å²) >= 11 is 0. The first-order valence-corrected chi connectivity index (χ1v) is 6.25. The van der Waals surface area contributed by atoms with Crippen molar-refractivity contribution in [2.24, 2.45) is 5.92 Å². The fourth-order valence-electron chi connectivity index (χ4n) is 2.33. The van der Waals surface area contributed by atoms with Crippen LogP contribution in [0.4, 0.5) is 13.2 Å². The zero-order chi connectivity index (χ0) is 14.3. The molecule has 0 saturated carbocycles. The van der Waals surface area contributed by atoms with E-state index >= 15 is 0 Å². The number of rotatable bonds is 2. The fraction of sp³-hybridized carbons (Fsp3) is 0.385. The zero-order valence-electron chi connectivity index (χ0n) is 10.7. The van der Waals surface area contributed by atoms with Crippen LogP contribution in [-0.4, -0.2) is 23.2 Å². The lowest BCUT2D eigenvalue weighted by atomic mass is 9.98. The predicted octanol–water partition coefficient (Wildman–Crippen LogP) is 2.48. The molecule has 4 nitrogen and oxygen atoms in total. The molecule has 20 heavy (non-hydrogen) atoms. The van der Waals surface area contributed by atoms with E-state index in [4.69, 9.17) is 4.52 Å². The number of benzene rings is 1. The largest absolute Gasteiger partial charge is 0.339 e. The molecule has 7 heteroatoms. The maximum atomic E-state index is 13.2. The normalized spacial score (nSPS) is 22.4. The first kappa shape index (κ1) is 13.1. The molecule has 0 unspecified atom stereocenters. The van der Waals surface area contributed by atoms with Gasteiger partial charge in [0.05, 0.1) is 5.92 Å². The summed E-state index contributed by atoms with van der Waals surface area (Å²) in [6.07, 6.45) is 0. The molecule has 1 aliphatic rings. The van der Waals surface area contributed by atoms with Gasteiger partial charge in [-0.15, -0.1) is 0 Å². The van der Waals surface area contributed by atoms with Gasteiger partial charge >= 0.3 is 0 Å². The highest BCUT2D eigenvalue weighted by molar-refractivity contribution is 5.54. The van der Waals surface area contributed by atoms with Gasteiger partial charge in [-0.25, -0.2) is 13.2 Å². The highest BCUT2D eigenvalue weighted by Crippen LogP contribution is 2.28. The molecular formula is C13H12F3N3O. The van der Waals surface area contributed by atoms with Crippen molar-refractivity contribution >= 4 is 0 Å². The number of nitrogens with one attached hydrogen (secondary N) is 1. The lowest BCUT2D eigenvalue weighted by molar-refractivity contribution is 0.340. The minimum Gasteiger partial charge on any atom is -0.339 e. The highest BCUT2D eigenvalue weighted by Gasteiger charge is 2.29. The third-order valence-electron chi connectivity index (χ3n) is 3.52. The van der Waals surface area contributed by atoms with Crippen LogP contribution in [0.5, 0.6) is 0 Å². The average Bonchev–Trinajstić information content (AvgIpc) is 3.03. The molecule has 1 saturated heterocycles. The molecule has 1 aromatic carbocycles. The Morgan fingerprint density at radius 1 is 1.20 bits per heavy atom. The van der Waals surface area contributed by atoms with Crippen LogP contribution < -0.4 is 5.32 Å². The second-order valence-corrected chi connectivity index (χ2v) is 4.95. The first-order chi connectivity index (χ1) is 9.56. The van der Waals surface area contributed by atoms with Gasteiger partial charge in [-0.3, -0.25) is 0 Å². The Kier molecular flexibility index (Phi) is 3.21. The van der Waals surface area contributed by atoms with E-state index in [1.54, 1.807) is 0 Å². The molecule has 1 N–H and O–H groups in total. The summed E-state index contributed by atoms with van der Waals surface area (Å²) in [5, 5.41) is 6.91. The summed E-state index contributed by atoms with van der Waals surface area (Å²) in [6, 6.07) is 1.70. The molecule has 2 atom stereocenters. The number of halogens is 3. The van der Waals surface area contributed by atoms with Crippen molar-refractivity contribution in [2.75, 3.05) is 13.1 Å². The van der Waals surface area contributed by atoms with Crippen molar-refractivity contribution < 1.29 is 17.7 Å². The van der Waals surface area contributed by atoms with Gasteiger partial charge in [0.2, 0.25) is 11.7 Å². The molecule has 1 aliphatic heterocycles. The topological polar surface area (TPSA) is 51.0 Å². The number of nitrogens with zero attached hydrogens (tertiary/aromatic N) is 2. The van der Waals surface area contributed by atoms with E-state index in [1.807, 2.05) is 6.92 Å². The standard InChI is InChI=1S/C13H12F3N3O/c1-6-4-17-5-8(6)13-18-12(19-20-13)7-2-9(14)11(16)10(15)3-7/h2-3,6,8,17H,4-5H2,1H3/t6-,8-/m1/s1. The summed E-state index contributed by atoms with van der Waals surface area (Å²) < 4.78 is 44.4. The number of aromatic nitrogens is 2. The Hall–Kier alpha value is -1.89. The molecule has 0 amide bonds. The summed E-state index contributed by atoms with van der Waals surface area (Å²) in [7, 11) is 0.